The Hall–Kier alpha value is -1.59. The first-order valence-electron chi connectivity index (χ1n) is 29.0. The summed E-state index contributed by atoms with van der Waals surface area (Å²) in [6.45, 7) is 6.70. The van der Waals surface area contributed by atoms with Crippen molar-refractivity contribution in [1.29, 1.82) is 0 Å². The van der Waals surface area contributed by atoms with Crippen molar-refractivity contribution < 1.29 is 28.6 Å². The molecule has 6 nitrogen and oxygen atoms in total. The number of hydrogen-bond donors (Lipinski definition) is 0. The number of ether oxygens (including phenoxy) is 3. The topological polar surface area (TPSA) is 78.9 Å². The highest BCUT2D eigenvalue weighted by molar-refractivity contribution is 5.71. The second-order valence-electron chi connectivity index (χ2n) is 19.9. The third-order valence-corrected chi connectivity index (χ3v) is 13.4. The lowest BCUT2D eigenvalue weighted by Gasteiger charge is -2.18. The fourth-order valence-corrected chi connectivity index (χ4v) is 8.98. The Balaban J connectivity index is 4.22. The number of unbranched alkanes of at least 4 members (excludes halogenated alkanes) is 43. The molecule has 0 aliphatic heterocycles. The zero-order valence-corrected chi connectivity index (χ0v) is 43.6. The van der Waals surface area contributed by atoms with Gasteiger partial charge in [-0.3, -0.25) is 14.4 Å². The standard InChI is InChI=1S/C58H112O6/c1-4-7-10-13-16-19-22-24-26-28-29-31-33-35-37-40-43-46-49-52-58(61)64-55(53-62-56(59)50-47-44-41-38-21-18-15-12-9-6-3)54-63-57(60)51-48-45-42-39-36-34-32-30-27-25-23-20-17-14-11-8-5-2/h55H,4-54H2,1-3H3/t55-/m0/s1. The molecule has 0 saturated heterocycles. The van der Waals surface area contributed by atoms with Crippen LogP contribution in [0.4, 0.5) is 0 Å². The van der Waals surface area contributed by atoms with Crippen molar-refractivity contribution in [3.8, 4) is 0 Å². The Labute approximate surface area is 399 Å². The maximum Gasteiger partial charge on any atom is 0.306 e. The van der Waals surface area contributed by atoms with E-state index in [1.807, 2.05) is 0 Å². The van der Waals surface area contributed by atoms with Crippen LogP contribution in [0.2, 0.25) is 0 Å². The molecule has 0 aromatic heterocycles. The van der Waals surface area contributed by atoms with E-state index in [0.717, 1.165) is 57.8 Å². The molecule has 0 radical (unpaired) electrons. The molecule has 0 saturated carbocycles. The molecule has 0 spiro atoms. The molecule has 0 bridgehead atoms. The summed E-state index contributed by atoms with van der Waals surface area (Å²) in [7, 11) is 0. The fourth-order valence-electron chi connectivity index (χ4n) is 8.98. The van der Waals surface area contributed by atoms with Crippen molar-refractivity contribution in [2.75, 3.05) is 13.2 Å². The van der Waals surface area contributed by atoms with Gasteiger partial charge in [0.15, 0.2) is 6.10 Å². The largest absolute Gasteiger partial charge is 0.462 e. The molecular formula is C58H112O6. The lowest BCUT2D eigenvalue weighted by molar-refractivity contribution is -0.167. The Morgan fingerprint density at radius 3 is 0.625 bits per heavy atom. The quantitative estimate of drug-likeness (QED) is 0.0344. The van der Waals surface area contributed by atoms with Crippen LogP contribution in [0.3, 0.4) is 0 Å². The maximum absolute atomic E-state index is 12.8. The zero-order valence-electron chi connectivity index (χ0n) is 43.6. The average molecular weight is 906 g/mol. The lowest BCUT2D eigenvalue weighted by atomic mass is 10.0. The van der Waals surface area contributed by atoms with Crippen LogP contribution >= 0.6 is 0 Å². The van der Waals surface area contributed by atoms with Gasteiger partial charge < -0.3 is 14.2 Å². The summed E-state index contributed by atoms with van der Waals surface area (Å²) in [5, 5.41) is 0. The van der Waals surface area contributed by atoms with Crippen molar-refractivity contribution >= 4 is 17.9 Å². The molecule has 6 heteroatoms. The van der Waals surface area contributed by atoms with Crippen LogP contribution in [0.1, 0.15) is 335 Å². The molecule has 0 N–H and O–H groups in total. The van der Waals surface area contributed by atoms with E-state index in [1.165, 1.54) is 238 Å². The summed E-state index contributed by atoms with van der Waals surface area (Å²) >= 11 is 0. The van der Waals surface area contributed by atoms with Crippen molar-refractivity contribution in [2.45, 2.75) is 341 Å². The molecule has 0 unspecified atom stereocenters. The summed E-state index contributed by atoms with van der Waals surface area (Å²) in [5.74, 6) is -0.835. The first-order valence-corrected chi connectivity index (χ1v) is 29.0. The second kappa shape index (κ2) is 54.0. The van der Waals surface area contributed by atoms with Gasteiger partial charge in [0.05, 0.1) is 0 Å². The predicted molar refractivity (Wildman–Crippen MR) is 275 cm³/mol. The van der Waals surface area contributed by atoms with Crippen LogP contribution in [0.5, 0.6) is 0 Å². The van der Waals surface area contributed by atoms with Gasteiger partial charge in [0.1, 0.15) is 13.2 Å². The van der Waals surface area contributed by atoms with Gasteiger partial charge in [-0.05, 0) is 19.3 Å². The van der Waals surface area contributed by atoms with Crippen molar-refractivity contribution in [1.82, 2.24) is 0 Å². The third kappa shape index (κ3) is 51.4. The van der Waals surface area contributed by atoms with Gasteiger partial charge in [0.2, 0.25) is 0 Å². The fraction of sp³-hybridized carbons (Fsp3) is 0.948. The average Bonchev–Trinajstić information content (AvgIpc) is 3.29. The van der Waals surface area contributed by atoms with Crippen molar-refractivity contribution in [3.05, 3.63) is 0 Å². The normalized spacial score (nSPS) is 11.9. The summed E-state index contributed by atoms with van der Waals surface area (Å²) in [6.07, 6.45) is 59.6. The molecule has 0 aliphatic rings. The minimum Gasteiger partial charge on any atom is -0.462 e. The number of carbonyl (C=O) groups is 3. The Bertz CT molecular complexity index is 951. The van der Waals surface area contributed by atoms with Crippen molar-refractivity contribution in [2.24, 2.45) is 0 Å². The molecule has 0 fully saturated rings. The van der Waals surface area contributed by atoms with E-state index in [2.05, 4.69) is 20.8 Å². The lowest BCUT2D eigenvalue weighted by Crippen LogP contribution is -2.30. The molecule has 0 heterocycles. The first-order chi connectivity index (χ1) is 31.5. The molecule has 380 valence electrons. The van der Waals surface area contributed by atoms with E-state index in [9.17, 15) is 14.4 Å². The molecule has 0 aliphatic carbocycles. The minimum atomic E-state index is -0.760. The van der Waals surface area contributed by atoms with Crippen LogP contribution in [0.15, 0.2) is 0 Å². The van der Waals surface area contributed by atoms with Gasteiger partial charge in [-0.25, -0.2) is 0 Å². The molecule has 1 atom stereocenters. The first kappa shape index (κ1) is 62.4. The number of esters is 3. The molecular weight excluding hydrogens is 793 g/mol. The second-order valence-corrected chi connectivity index (χ2v) is 19.9. The summed E-state index contributed by atoms with van der Waals surface area (Å²) in [6, 6.07) is 0. The third-order valence-electron chi connectivity index (χ3n) is 13.4. The smallest absolute Gasteiger partial charge is 0.306 e. The Morgan fingerprint density at radius 1 is 0.250 bits per heavy atom. The summed E-state index contributed by atoms with van der Waals surface area (Å²) in [5.41, 5.74) is 0. The number of carbonyl (C=O) groups excluding carboxylic acids is 3. The van der Waals surface area contributed by atoms with E-state index in [1.54, 1.807) is 0 Å². The number of rotatable bonds is 54. The van der Waals surface area contributed by atoms with E-state index < -0.39 is 6.10 Å². The molecule has 0 aromatic carbocycles. The number of hydrogen-bond acceptors (Lipinski definition) is 6. The van der Waals surface area contributed by atoms with Crippen LogP contribution < -0.4 is 0 Å². The SMILES string of the molecule is CCCCCCCCCCCCCCCCCCCCCC(=O)O[C@@H](COC(=O)CCCCCCCCCCCC)COC(=O)CCCCCCCCCCCCCCCCCCC. The predicted octanol–water partition coefficient (Wildman–Crippen LogP) is 19.2. The highest BCUT2D eigenvalue weighted by Crippen LogP contribution is 2.18. The maximum atomic E-state index is 12.8. The molecule has 0 rings (SSSR count). The van der Waals surface area contributed by atoms with Crippen LogP contribution in [-0.4, -0.2) is 37.2 Å². The Morgan fingerprint density at radius 2 is 0.422 bits per heavy atom. The summed E-state index contributed by atoms with van der Waals surface area (Å²) in [4.78, 5) is 38.1. The van der Waals surface area contributed by atoms with E-state index in [0.29, 0.717) is 19.3 Å². The summed E-state index contributed by atoms with van der Waals surface area (Å²) < 4.78 is 16.9. The van der Waals surface area contributed by atoms with E-state index >= 15 is 0 Å². The Kier molecular flexibility index (Phi) is 52.7. The monoisotopic (exact) mass is 905 g/mol. The van der Waals surface area contributed by atoms with Crippen LogP contribution in [-0.2, 0) is 28.6 Å². The minimum absolute atomic E-state index is 0.0612. The van der Waals surface area contributed by atoms with E-state index in [4.69, 9.17) is 14.2 Å². The molecule has 64 heavy (non-hydrogen) atoms. The van der Waals surface area contributed by atoms with Gasteiger partial charge >= 0.3 is 17.9 Å². The van der Waals surface area contributed by atoms with Gasteiger partial charge in [-0.1, -0.05) is 297 Å². The zero-order chi connectivity index (χ0) is 46.5. The van der Waals surface area contributed by atoms with Crippen LogP contribution in [0, 0.1) is 0 Å². The van der Waals surface area contributed by atoms with E-state index in [-0.39, 0.29) is 31.1 Å². The van der Waals surface area contributed by atoms with Crippen molar-refractivity contribution in [3.63, 3.8) is 0 Å². The molecule has 0 aromatic rings. The van der Waals surface area contributed by atoms with Crippen LogP contribution in [0.25, 0.3) is 0 Å². The van der Waals surface area contributed by atoms with Gasteiger partial charge in [-0.2, -0.15) is 0 Å². The van der Waals surface area contributed by atoms with Gasteiger partial charge in [0.25, 0.3) is 0 Å². The van der Waals surface area contributed by atoms with Gasteiger partial charge in [0, 0.05) is 19.3 Å². The molecule has 0 amide bonds. The highest BCUT2D eigenvalue weighted by Gasteiger charge is 2.19. The van der Waals surface area contributed by atoms with Gasteiger partial charge in [-0.15, -0.1) is 0 Å². The highest BCUT2D eigenvalue weighted by atomic mass is 16.6.